The summed E-state index contributed by atoms with van der Waals surface area (Å²) in [6.45, 7) is 0.115. The number of nitrogen functional groups attached to an aromatic ring is 1. The van der Waals surface area contributed by atoms with E-state index in [-0.39, 0.29) is 12.5 Å². The molecule has 1 aliphatic heterocycles. The summed E-state index contributed by atoms with van der Waals surface area (Å²) >= 11 is 4.26. The molecule has 6 nitrogen and oxygen atoms in total. The van der Waals surface area contributed by atoms with Crippen molar-refractivity contribution in [1.82, 2.24) is 4.90 Å². The van der Waals surface area contributed by atoms with Crippen molar-refractivity contribution < 1.29 is 32.2 Å². The first-order valence-corrected chi connectivity index (χ1v) is 12.0. The van der Waals surface area contributed by atoms with E-state index in [4.69, 9.17) is 15.2 Å². The average molecular weight is 678 g/mol. The molecule has 0 aromatic heterocycles. The summed E-state index contributed by atoms with van der Waals surface area (Å²) in [6.07, 6.45) is -2.59. The van der Waals surface area contributed by atoms with Gasteiger partial charge in [0.1, 0.15) is 5.76 Å². The summed E-state index contributed by atoms with van der Waals surface area (Å²) in [7, 11) is 3.11. The second-order valence-corrected chi connectivity index (χ2v) is 9.89. The second-order valence-electron chi connectivity index (χ2n) is 7.56. The number of rotatable bonds is 4. The Hall–Kier alpha value is -1.38. The number of halogens is 5. The average Bonchev–Trinajstić information content (AvgIpc) is 2.89. The summed E-state index contributed by atoms with van der Waals surface area (Å²) in [5.74, 6) is 1.11. The number of nitrogens with zero attached hydrogens (tertiary/aromatic N) is 1. The highest BCUT2D eigenvalue weighted by atomic mass is 127. The topological polar surface area (TPSA) is 74.0 Å². The van der Waals surface area contributed by atoms with Gasteiger partial charge in [0, 0.05) is 32.1 Å². The molecule has 0 radical (unpaired) electrons. The Labute approximate surface area is 211 Å². The van der Waals surface area contributed by atoms with E-state index in [1.54, 1.807) is 14.2 Å². The van der Waals surface area contributed by atoms with Crippen LogP contribution in [0.15, 0.2) is 35.3 Å². The fourth-order valence-electron chi connectivity index (χ4n) is 4.29. The lowest BCUT2D eigenvalue weighted by molar-refractivity contribution is -0.295. The minimum Gasteiger partial charge on any atom is -0.497 e. The first-order valence-electron chi connectivity index (χ1n) is 9.85. The van der Waals surface area contributed by atoms with Crippen LogP contribution in [0.3, 0.4) is 0 Å². The molecule has 1 aromatic rings. The highest BCUT2D eigenvalue weighted by Crippen LogP contribution is 2.40. The van der Waals surface area contributed by atoms with Crippen molar-refractivity contribution in [3.05, 3.63) is 48.0 Å². The molecule has 2 aliphatic rings. The largest absolute Gasteiger partial charge is 0.576 e. The number of nitrogens with two attached hydrogens (primary N) is 1. The number of anilines is 1. The summed E-state index contributed by atoms with van der Waals surface area (Å²) < 4.78 is 54.9. The highest BCUT2D eigenvalue weighted by Gasteiger charge is 2.43. The van der Waals surface area contributed by atoms with Crippen molar-refractivity contribution in [2.24, 2.45) is 5.92 Å². The number of methoxy groups -OCH3 is 2. The predicted octanol–water partition coefficient (Wildman–Crippen LogP) is 5.59. The Balaban J connectivity index is 1.98. The number of piperidine rings is 1. The fourth-order valence-corrected chi connectivity index (χ4v) is 6.19. The fraction of sp³-hybridized carbons (Fsp3) is 0.476. The van der Waals surface area contributed by atoms with Crippen molar-refractivity contribution in [1.29, 1.82) is 0 Å². The van der Waals surface area contributed by atoms with Crippen LogP contribution in [0.1, 0.15) is 24.8 Å². The number of fused-ring (bicyclic) bond motifs is 1. The SMILES string of the molecule is COC1=C(OC)CCC2C(=C1)CCN(C(=O)OC(F)(F)F)C2Cc1cc(I)c(N)c(I)c1. The van der Waals surface area contributed by atoms with Crippen molar-refractivity contribution >= 4 is 57.0 Å². The molecule has 1 fully saturated rings. The Morgan fingerprint density at radius 2 is 1.84 bits per heavy atom. The van der Waals surface area contributed by atoms with E-state index in [1.807, 2.05) is 18.2 Å². The molecular weight excluding hydrogens is 655 g/mol. The zero-order valence-corrected chi connectivity index (χ0v) is 21.8. The van der Waals surface area contributed by atoms with Gasteiger partial charge in [-0.3, -0.25) is 0 Å². The Morgan fingerprint density at radius 3 is 2.41 bits per heavy atom. The molecule has 1 aromatic carbocycles. The van der Waals surface area contributed by atoms with E-state index >= 15 is 0 Å². The highest BCUT2D eigenvalue weighted by molar-refractivity contribution is 14.1. The minimum atomic E-state index is -5.04. The van der Waals surface area contributed by atoms with E-state index in [2.05, 4.69) is 49.9 Å². The van der Waals surface area contributed by atoms with Gasteiger partial charge in [-0.1, -0.05) is 5.57 Å². The number of hydrogen-bond donors (Lipinski definition) is 1. The monoisotopic (exact) mass is 678 g/mol. The van der Waals surface area contributed by atoms with E-state index < -0.39 is 18.5 Å². The predicted molar refractivity (Wildman–Crippen MR) is 129 cm³/mol. The first kappa shape index (κ1) is 25.2. The van der Waals surface area contributed by atoms with E-state index in [1.165, 1.54) is 4.90 Å². The van der Waals surface area contributed by atoms with Crippen molar-refractivity contribution in [2.75, 3.05) is 26.5 Å². The van der Waals surface area contributed by atoms with E-state index in [0.29, 0.717) is 42.9 Å². The molecule has 1 saturated heterocycles. The van der Waals surface area contributed by atoms with Gasteiger partial charge in [-0.15, -0.1) is 13.2 Å². The molecule has 2 atom stereocenters. The molecule has 3 rings (SSSR count). The number of likely N-dealkylation sites (tertiary alicyclic amines) is 1. The van der Waals surface area contributed by atoms with Crippen molar-refractivity contribution in [3.63, 3.8) is 0 Å². The van der Waals surface area contributed by atoms with E-state index in [9.17, 15) is 18.0 Å². The molecule has 0 bridgehead atoms. The van der Waals surface area contributed by atoms with Gasteiger partial charge in [-0.05, 0) is 88.2 Å². The lowest BCUT2D eigenvalue weighted by atomic mass is 9.79. The molecule has 0 saturated carbocycles. The third kappa shape index (κ3) is 5.75. The quantitative estimate of drug-likeness (QED) is 0.332. The number of alkyl halides is 3. The van der Waals surface area contributed by atoms with Crippen molar-refractivity contribution in [3.8, 4) is 0 Å². The zero-order valence-electron chi connectivity index (χ0n) is 17.5. The molecule has 0 spiro atoms. The van der Waals surface area contributed by atoms with Crippen LogP contribution in [-0.2, 0) is 20.6 Å². The maximum absolute atomic E-state index is 12.8. The van der Waals surface area contributed by atoms with Gasteiger partial charge in [-0.25, -0.2) is 4.79 Å². The third-order valence-corrected chi connectivity index (χ3v) is 7.53. The third-order valence-electron chi connectivity index (χ3n) is 5.74. The standard InChI is InChI=1S/C21H23F3I2N2O4/c1-30-17-4-3-13-12(10-18(17)31-2)5-6-28(20(29)32-21(22,23)24)16(13)9-11-7-14(25)19(27)15(26)8-11/h7-8,10,13,16H,3-6,9,27H2,1-2H3. The van der Waals surface area contributed by atoms with Crippen LogP contribution in [0.5, 0.6) is 0 Å². The maximum Gasteiger partial charge on any atom is 0.576 e. The Morgan fingerprint density at radius 1 is 1.19 bits per heavy atom. The normalized spacial score (nSPS) is 21.5. The van der Waals surface area contributed by atoms with Crippen LogP contribution in [0.2, 0.25) is 0 Å². The van der Waals surface area contributed by atoms with Crippen LogP contribution < -0.4 is 5.73 Å². The summed E-state index contributed by atoms with van der Waals surface area (Å²) in [6, 6.07) is 3.29. The van der Waals surface area contributed by atoms with Gasteiger partial charge < -0.3 is 24.8 Å². The number of benzene rings is 1. The van der Waals surface area contributed by atoms with Gasteiger partial charge in [0.2, 0.25) is 0 Å². The number of allylic oxidation sites excluding steroid dienone is 2. The lowest BCUT2D eigenvalue weighted by Crippen LogP contribution is -2.51. The minimum absolute atomic E-state index is 0.115. The van der Waals surface area contributed by atoms with Crippen molar-refractivity contribution in [2.45, 2.75) is 38.1 Å². The number of hydrogen-bond acceptors (Lipinski definition) is 5. The van der Waals surface area contributed by atoms with Gasteiger partial charge in [-0.2, -0.15) is 0 Å². The first-order chi connectivity index (χ1) is 15.0. The molecule has 1 heterocycles. The molecule has 11 heteroatoms. The molecule has 1 aliphatic carbocycles. The summed E-state index contributed by atoms with van der Waals surface area (Å²) in [4.78, 5) is 13.7. The van der Waals surface area contributed by atoms with Crippen LogP contribution in [0, 0.1) is 13.1 Å². The zero-order chi connectivity index (χ0) is 23.6. The molecule has 1 amide bonds. The van der Waals surface area contributed by atoms with E-state index in [0.717, 1.165) is 18.3 Å². The smallest absolute Gasteiger partial charge is 0.497 e. The van der Waals surface area contributed by atoms with Gasteiger partial charge in [0.05, 0.1) is 19.9 Å². The lowest BCUT2D eigenvalue weighted by Gasteiger charge is -2.42. The Bertz CT molecular complexity index is 926. The van der Waals surface area contributed by atoms with Crippen LogP contribution >= 0.6 is 45.2 Å². The second kappa shape index (κ2) is 10.3. The molecule has 2 N–H and O–H groups in total. The summed E-state index contributed by atoms with van der Waals surface area (Å²) in [5.41, 5.74) is 8.62. The van der Waals surface area contributed by atoms with Crippen LogP contribution in [0.25, 0.3) is 0 Å². The van der Waals surface area contributed by atoms with Gasteiger partial charge >= 0.3 is 12.5 Å². The maximum atomic E-state index is 12.8. The Kier molecular flexibility index (Phi) is 8.10. The van der Waals surface area contributed by atoms with Gasteiger partial charge in [0.25, 0.3) is 0 Å². The number of carbonyl (C=O) groups excluding carboxylic acids is 1. The summed E-state index contributed by atoms with van der Waals surface area (Å²) in [5, 5.41) is 0. The van der Waals surface area contributed by atoms with Crippen LogP contribution in [0.4, 0.5) is 23.7 Å². The van der Waals surface area contributed by atoms with Gasteiger partial charge in [0.15, 0.2) is 5.76 Å². The number of ether oxygens (including phenoxy) is 3. The number of amides is 1. The molecule has 32 heavy (non-hydrogen) atoms. The number of carbonyl (C=O) groups is 1. The molecule has 176 valence electrons. The molecule has 2 unspecified atom stereocenters. The molecular formula is C21H23F3I2N2O4. The van der Waals surface area contributed by atoms with Crippen LogP contribution in [-0.4, -0.2) is 44.2 Å².